The fraction of sp³-hybridized carbons (Fsp3) is 0.136. The van der Waals surface area contributed by atoms with E-state index < -0.39 is 15.9 Å². The summed E-state index contributed by atoms with van der Waals surface area (Å²) in [6.07, 6.45) is 0. The average molecular weight is 445 g/mol. The molecule has 156 valence electrons. The number of halogens is 1. The Hall–Kier alpha value is -3.03. The summed E-state index contributed by atoms with van der Waals surface area (Å²) in [5.41, 5.74) is 2.89. The monoisotopic (exact) mass is 444 g/mol. The molecule has 0 spiro atoms. The topological polar surface area (TPSA) is 84.5 Å². The van der Waals surface area contributed by atoms with E-state index in [0.29, 0.717) is 11.4 Å². The molecule has 0 fully saturated rings. The van der Waals surface area contributed by atoms with Crippen molar-refractivity contribution >= 4 is 38.9 Å². The van der Waals surface area contributed by atoms with E-state index >= 15 is 0 Å². The third-order valence-corrected chi connectivity index (χ3v) is 6.11. The van der Waals surface area contributed by atoms with E-state index in [1.807, 2.05) is 19.9 Å². The summed E-state index contributed by atoms with van der Waals surface area (Å²) in [6.45, 7) is 3.77. The number of hydrogen-bond donors (Lipinski definition) is 2. The lowest BCUT2D eigenvalue weighted by Gasteiger charge is -2.13. The van der Waals surface area contributed by atoms with E-state index in [0.717, 1.165) is 11.1 Å². The molecular formula is C22H21ClN2O4S. The van der Waals surface area contributed by atoms with Crippen LogP contribution in [0, 0.1) is 13.8 Å². The van der Waals surface area contributed by atoms with Crippen molar-refractivity contribution in [3.8, 4) is 5.75 Å². The van der Waals surface area contributed by atoms with Crippen LogP contribution in [0.1, 0.15) is 21.5 Å². The van der Waals surface area contributed by atoms with E-state index in [-0.39, 0.29) is 21.2 Å². The fourth-order valence-electron chi connectivity index (χ4n) is 2.80. The molecule has 0 radical (unpaired) electrons. The zero-order valence-corrected chi connectivity index (χ0v) is 18.3. The highest BCUT2D eigenvalue weighted by Gasteiger charge is 2.17. The van der Waals surface area contributed by atoms with Crippen LogP contribution in [0.25, 0.3) is 0 Å². The second kappa shape index (κ2) is 8.77. The second-order valence-electron chi connectivity index (χ2n) is 6.77. The number of benzene rings is 3. The number of carbonyl (C=O) groups is 1. The number of aryl methyl sites for hydroxylation is 2. The summed E-state index contributed by atoms with van der Waals surface area (Å²) in [5, 5.41) is 2.89. The highest BCUT2D eigenvalue weighted by molar-refractivity contribution is 7.92. The first-order valence-electron chi connectivity index (χ1n) is 9.04. The van der Waals surface area contributed by atoms with E-state index in [4.69, 9.17) is 16.3 Å². The van der Waals surface area contributed by atoms with Gasteiger partial charge in [0.2, 0.25) is 0 Å². The lowest BCUT2D eigenvalue weighted by Crippen LogP contribution is -2.15. The van der Waals surface area contributed by atoms with Gasteiger partial charge < -0.3 is 10.1 Å². The van der Waals surface area contributed by atoms with Gasteiger partial charge >= 0.3 is 0 Å². The van der Waals surface area contributed by atoms with Crippen LogP contribution in [0.2, 0.25) is 5.02 Å². The molecule has 3 aromatic rings. The third kappa shape index (κ3) is 4.93. The molecule has 2 N–H and O–H groups in total. The van der Waals surface area contributed by atoms with E-state index in [1.54, 1.807) is 24.3 Å². The Kier molecular flexibility index (Phi) is 6.34. The number of carbonyl (C=O) groups excluding carboxylic acids is 1. The lowest BCUT2D eigenvalue weighted by atomic mass is 10.1. The second-order valence-corrected chi connectivity index (χ2v) is 8.86. The first-order valence-corrected chi connectivity index (χ1v) is 10.9. The quantitative estimate of drug-likeness (QED) is 0.559. The van der Waals surface area contributed by atoms with Crippen molar-refractivity contribution in [1.82, 2.24) is 0 Å². The first kappa shape index (κ1) is 21.7. The van der Waals surface area contributed by atoms with E-state index in [2.05, 4.69) is 10.0 Å². The number of anilines is 2. The fourth-order valence-corrected chi connectivity index (χ4v) is 4.12. The molecule has 0 aliphatic heterocycles. The smallest absolute Gasteiger partial charge is 0.261 e. The van der Waals surface area contributed by atoms with Crippen molar-refractivity contribution < 1.29 is 17.9 Å². The predicted molar refractivity (Wildman–Crippen MR) is 119 cm³/mol. The van der Waals surface area contributed by atoms with E-state index in [1.165, 1.54) is 37.4 Å². The summed E-state index contributed by atoms with van der Waals surface area (Å²) in [4.78, 5) is 12.8. The summed E-state index contributed by atoms with van der Waals surface area (Å²) in [5.74, 6) is 0.0874. The minimum atomic E-state index is -3.77. The zero-order valence-electron chi connectivity index (χ0n) is 16.7. The van der Waals surface area contributed by atoms with Crippen molar-refractivity contribution in [3.05, 3.63) is 82.4 Å². The average Bonchev–Trinajstić information content (AvgIpc) is 2.68. The molecule has 1 amide bonds. The molecule has 3 rings (SSSR count). The molecule has 30 heavy (non-hydrogen) atoms. The number of rotatable bonds is 6. The van der Waals surface area contributed by atoms with Crippen molar-refractivity contribution in [2.45, 2.75) is 18.7 Å². The van der Waals surface area contributed by atoms with Crippen molar-refractivity contribution in [2.75, 3.05) is 17.1 Å². The van der Waals surface area contributed by atoms with Crippen LogP contribution >= 0.6 is 11.6 Å². The van der Waals surface area contributed by atoms with Gasteiger partial charge in [-0.1, -0.05) is 35.4 Å². The van der Waals surface area contributed by atoms with Crippen LogP contribution in [-0.2, 0) is 10.0 Å². The van der Waals surface area contributed by atoms with Crippen LogP contribution in [0.3, 0.4) is 0 Å². The molecule has 3 aromatic carbocycles. The number of amides is 1. The van der Waals surface area contributed by atoms with Crippen molar-refractivity contribution in [2.24, 2.45) is 0 Å². The van der Waals surface area contributed by atoms with Gasteiger partial charge in [-0.05, 0) is 61.9 Å². The van der Waals surface area contributed by atoms with Gasteiger partial charge in [-0.3, -0.25) is 9.52 Å². The Bertz CT molecular complexity index is 1190. The molecule has 0 aliphatic carbocycles. The van der Waals surface area contributed by atoms with Crippen LogP contribution in [-0.4, -0.2) is 21.4 Å². The predicted octanol–water partition coefficient (Wildman–Crippen LogP) is 5.02. The minimum Gasteiger partial charge on any atom is -0.495 e. The van der Waals surface area contributed by atoms with Gasteiger partial charge in [-0.25, -0.2) is 8.42 Å². The summed E-state index contributed by atoms with van der Waals surface area (Å²) >= 11 is 6.26. The summed E-state index contributed by atoms with van der Waals surface area (Å²) in [7, 11) is -2.25. The lowest BCUT2D eigenvalue weighted by molar-refractivity contribution is 0.102. The molecule has 0 saturated carbocycles. The molecule has 0 atom stereocenters. The highest BCUT2D eigenvalue weighted by Crippen LogP contribution is 2.28. The van der Waals surface area contributed by atoms with Gasteiger partial charge in [0.1, 0.15) is 5.75 Å². The van der Waals surface area contributed by atoms with Crippen LogP contribution in [0.5, 0.6) is 5.75 Å². The molecular weight excluding hydrogens is 424 g/mol. The van der Waals surface area contributed by atoms with Gasteiger partial charge in [0, 0.05) is 0 Å². The van der Waals surface area contributed by atoms with Crippen molar-refractivity contribution in [1.29, 1.82) is 0 Å². The maximum Gasteiger partial charge on any atom is 0.261 e. The Morgan fingerprint density at radius 2 is 1.60 bits per heavy atom. The molecule has 0 unspecified atom stereocenters. The molecule has 8 heteroatoms. The van der Waals surface area contributed by atoms with Crippen molar-refractivity contribution in [3.63, 3.8) is 0 Å². The molecule has 0 saturated heterocycles. The number of nitrogens with one attached hydrogen (secondary N) is 2. The number of ether oxygens (including phenoxy) is 1. The summed E-state index contributed by atoms with van der Waals surface area (Å²) < 4.78 is 32.8. The van der Waals surface area contributed by atoms with Crippen LogP contribution in [0.4, 0.5) is 11.4 Å². The SMILES string of the molecule is COc1ccc(C)cc1NC(=O)c1ccc(NS(=O)(=O)c2ccc(C)cc2)cc1Cl. The Balaban J connectivity index is 1.80. The maximum absolute atomic E-state index is 12.7. The molecule has 0 aromatic heterocycles. The van der Waals surface area contributed by atoms with Crippen LogP contribution in [0.15, 0.2) is 65.6 Å². The maximum atomic E-state index is 12.7. The Morgan fingerprint density at radius 1 is 0.933 bits per heavy atom. The van der Waals surface area contributed by atoms with E-state index in [9.17, 15) is 13.2 Å². The molecule has 0 aliphatic rings. The van der Waals surface area contributed by atoms with Gasteiger partial charge in [0.05, 0.1) is 34.0 Å². The molecule has 0 bridgehead atoms. The molecule has 0 heterocycles. The third-order valence-electron chi connectivity index (χ3n) is 4.40. The van der Waals surface area contributed by atoms with Gasteiger partial charge in [-0.2, -0.15) is 0 Å². The number of methoxy groups -OCH3 is 1. The standard InChI is InChI=1S/C22H21ClN2O4S/c1-14-4-8-17(9-5-14)30(27,28)25-16-7-10-18(19(23)13-16)22(26)24-20-12-15(2)6-11-21(20)29-3/h4-13,25H,1-3H3,(H,24,26). The normalized spacial score (nSPS) is 11.1. The van der Waals surface area contributed by atoms with Gasteiger partial charge in [-0.15, -0.1) is 0 Å². The number of hydrogen-bond acceptors (Lipinski definition) is 4. The van der Waals surface area contributed by atoms with Crippen LogP contribution < -0.4 is 14.8 Å². The Morgan fingerprint density at radius 3 is 2.23 bits per heavy atom. The first-order chi connectivity index (χ1) is 14.2. The zero-order chi connectivity index (χ0) is 21.9. The number of sulfonamides is 1. The Labute approximate surface area is 180 Å². The van der Waals surface area contributed by atoms with Gasteiger partial charge in [0.25, 0.3) is 15.9 Å². The largest absolute Gasteiger partial charge is 0.495 e. The minimum absolute atomic E-state index is 0.114. The summed E-state index contributed by atoms with van der Waals surface area (Å²) in [6, 6.07) is 16.2. The highest BCUT2D eigenvalue weighted by atomic mass is 35.5. The molecule has 6 nitrogen and oxygen atoms in total. The van der Waals surface area contributed by atoms with Gasteiger partial charge in [0.15, 0.2) is 0 Å².